The fourth-order valence-corrected chi connectivity index (χ4v) is 3.63. The second-order valence-electron chi connectivity index (χ2n) is 7.37. The molecule has 2 rings (SSSR count). The Kier molecular flexibility index (Phi) is 10.0. The highest BCUT2D eigenvalue weighted by molar-refractivity contribution is 5.93. The summed E-state index contributed by atoms with van der Waals surface area (Å²) in [6.07, 6.45) is 0.769. The standard InChI is InChI=1S/C24H35NO6/c1-7-28-24(26)22-18(5)25-17(4)20(15-31-30-8-2)23(22)19-11-10-16(3)14-21(19)29-13-9-12-27-6/h10-11,14,23,25H,7-9,12-13,15H2,1-6H3. The Labute approximate surface area is 185 Å². The van der Waals surface area contributed by atoms with Gasteiger partial charge in [-0.05, 0) is 51.8 Å². The van der Waals surface area contributed by atoms with Crippen molar-refractivity contribution < 1.29 is 28.8 Å². The van der Waals surface area contributed by atoms with Gasteiger partial charge in [-0.3, -0.25) is 0 Å². The van der Waals surface area contributed by atoms with E-state index >= 15 is 0 Å². The molecule has 0 aliphatic carbocycles. The summed E-state index contributed by atoms with van der Waals surface area (Å²) in [4.78, 5) is 23.5. The first kappa shape index (κ1) is 24.9. The maximum atomic E-state index is 13.0. The van der Waals surface area contributed by atoms with E-state index in [1.54, 1.807) is 14.0 Å². The zero-order valence-corrected chi connectivity index (χ0v) is 19.5. The lowest BCUT2D eigenvalue weighted by Gasteiger charge is -2.32. The lowest BCUT2D eigenvalue weighted by atomic mass is 9.80. The molecular formula is C24H35NO6. The molecule has 1 unspecified atom stereocenters. The lowest BCUT2D eigenvalue weighted by Crippen LogP contribution is -2.31. The van der Waals surface area contributed by atoms with Crippen LogP contribution in [0.5, 0.6) is 5.75 Å². The Hall–Kier alpha value is -2.35. The van der Waals surface area contributed by atoms with Gasteiger partial charge in [-0.25, -0.2) is 14.6 Å². The van der Waals surface area contributed by atoms with Gasteiger partial charge in [0.15, 0.2) is 0 Å². The van der Waals surface area contributed by atoms with Gasteiger partial charge in [0.05, 0.1) is 25.4 Å². The summed E-state index contributed by atoms with van der Waals surface area (Å²) in [7, 11) is 1.67. The number of allylic oxidation sites excluding steroid dienone is 2. The van der Waals surface area contributed by atoms with Crippen LogP contribution in [0, 0.1) is 6.92 Å². The Morgan fingerprint density at radius 2 is 1.81 bits per heavy atom. The number of aryl methyl sites for hydroxylation is 1. The second-order valence-corrected chi connectivity index (χ2v) is 7.37. The fraction of sp³-hybridized carbons (Fsp3) is 0.542. The molecule has 7 heteroatoms. The summed E-state index contributed by atoms with van der Waals surface area (Å²) in [5, 5.41) is 3.30. The molecule has 1 aliphatic heterocycles. The third-order valence-electron chi connectivity index (χ3n) is 5.04. The smallest absolute Gasteiger partial charge is 0.336 e. The van der Waals surface area contributed by atoms with Crippen molar-refractivity contribution in [3.05, 3.63) is 51.9 Å². The van der Waals surface area contributed by atoms with Gasteiger partial charge in [0, 0.05) is 43.0 Å². The topological polar surface area (TPSA) is 75.3 Å². The third kappa shape index (κ3) is 6.56. The Bertz CT molecular complexity index is 814. The van der Waals surface area contributed by atoms with E-state index in [-0.39, 0.29) is 18.5 Å². The normalized spacial score (nSPS) is 16.4. The predicted octanol–water partition coefficient (Wildman–Crippen LogP) is 4.18. The first-order valence-corrected chi connectivity index (χ1v) is 10.8. The highest BCUT2D eigenvalue weighted by Gasteiger charge is 2.35. The van der Waals surface area contributed by atoms with Crippen LogP contribution in [0.15, 0.2) is 40.7 Å². The number of hydrogen-bond donors (Lipinski definition) is 1. The average Bonchev–Trinajstić information content (AvgIpc) is 2.73. The Morgan fingerprint density at radius 3 is 2.48 bits per heavy atom. The van der Waals surface area contributed by atoms with Crippen molar-refractivity contribution in [1.29, 1.82) is 0 Å². The SMILES string of the molecule is CCOOCC1=C(C)NC(C)=C(C(=O)OCC)C1c1ccc(C)cc1OCCCOC. The van der Waals surface area contributed by atoms with Gasteiger partial charge in [0.25, 0.3) is 0 Å². The molecule has 0 aromatic heterocycles. The number of rotatable bonds is 12. The summed E-state index contributed by atoms with van der Waals surface area (Å²) in [5.74, 6) is 0.00269. The fourth-order valence-electron chi connectivity index (χ4n) is 3.63. The van der Waals surface area contributed by atoms with E-state index in [1.165, 1.54) is 0 Å². The van der Waals surface area contributed by atoms with Gasteiger partial charge < -0.3 is 19.5 Å². The first-order valence-electron chi connectivity index (χ1n) is 10.8. The first-order chi connectivity index (χ1) is 14.9. The molecule has 0 radical (unpaired) electrons. The van der Waals surface area contributed by atoms with Crippen LogP contribution in [0.25, 0.3) is 0 Å². The zero-order chi connectivity index (χ0) is 22.8. The van der Waals surface area contributed by atoms with Crippen LogP contribution in [0.3, 0.4) is 0 Å². The molecule has 7 nitrogen and oxygen atoms in total. The second kappa shape index (κ2) is 12.5. The molecule has 1 heterocycles. The third-order valence-corrected chi connectivity index (χ3v) is 5.04. The number of ether oxygens (including phenoxy) is 3. The van der Waals surface area contributed by atoms with Crippen LogP contribution in [0.2, 0.25) is 0 Å². The van der Waals surface area contributed by atoms with Crippen LogP contribution < -0.4 is 10.1 Å². The van der Waals surface area contributed by atoms with E-state index in [2.05, 4.69) is 5.32 Å². The van der Waals surface area contributed by atoms with Crippen molar-refractivity contribution in [3.8, 4) is 5.75 Å². The number of carbonyl (C=O) groups is 1. The molecule has 0 amide bonds. The minimum absolute atomic E-state index is 0.213. The van der Waals surface area contributed by atoms with Crippen molar-refractivity contribution >= 4 is 5.97 Å². The van der Waals surface area contributed by atoms with Crippen LogP contribution >= 0.6 is 0 Å². The largest absolute Gasteiger partial charge is 0.493 e. The number of nitrogens with one attached hydrogen (secondary N) is 1. The molecule has 1 aromatic carbocycles. The van der Waals surface area contributed by atoms with Crippen molar-refractivity contribution in [1.82, 2.24) is 5.32 Å². The number of methoxy groups -OCH3 is 1. The van der Waals surface area contributed by atoms with E-state index in [9.17, 15) is 4.79 Å². The van der Waals surface area contributed by atoms with Crippen LogP contribution in [0.1, 0.15) is 51.2 Å². The summed E-state index contributed by atoms with van der Waals surface area (Å²) in [6, 6.07) is 6.03. The molecule has 31 heavy (non-hydrogen) atoms. The van der Waals surface area contributed by atoms with Gasteiger partial charge in [0.1, 0.15) is 12.4 Å². The van der Waals surface area contributed by atoms with Gasteiger partial charge in [-0.2, -0.15) is 0 Å². The molecule has 0 bridgehead atoms. The van der Waals surface area contributed by atoms with Gasteiger partial charge in [0.2, 0.25) is 0 Å². The van der Waals surface area contributed by atoms with E-state index in [0.29, 0.717) is 32.0 Å². The maximum Gasteiger partial charge on any atom is 0.336 e. The number of esters is 1. The Morgan fingerprint density at radius 1 is 1.03 bits per heavy atom. The quantitative estimate of drug-likeness (QED) is 0.229. The molecule has 0 saturated heterocycles. The number of carbonyl (C=O) groups excluding carboxylic acids is 1. The Balaban J connectivity index is 2.53. The molecule has 1 aliphatic rings. The predicted molar refractivity (Wildman–Crippen MR) is 119 cm³/mol. The van der Waals surface area contributed by atoms with Crippen molar-refractivity contribution in [2.75, 3.05) is 40.1 Å². The van der Waals surface area contributed by atoms with E-state index in [4.69, 9.17) is 24.0 Å². The molecule has 1 N–H and O–H groups in total. The summed E-state index contributed by atoms with van der Waals surface area (Å²) in [6.45, 7) is 11.6. The van der Waals surface area contributed by atoms with Crippen LogP contribution in [0.4, 0.5) is 0 Å². The molecule has 0 saturated carbocycles. The average molecular weight is 434 g/mol. The summed E-state index contributed by atoms with van der Waals surface area (Å²) < 4.78 is 16.7. The van der Waals surface area contributed by atoms with Gasteiger partial charge in [-0.15, -0.1) is 0 Å². The molecule has 1 atom stereocenters. The van der Waals surface area contributed by atoms with Gasteiger partial charge in [-0.1, -0.05) is 12.1 Å². The summed E-state index contributed by atoms with van der Waals surface area (Å²) in [5.41, 5.74) is 5.08. The maximum absolute atomic E-state index is 13.0. The minimum atomic E-state index is -0.376. The number of dihydropyridines is 1. The minimum Gasteiger partial charge on any atom is -0.493 e. The van der Waals surface area contributed by atoms with E-state index < -0.39 is 0 Å². The molecular weight excluding hydrogens is 398 g/mol. The molecule has 172 valence electrons. The van der Waals surface area contributed by atoms with Crippen LogP contribution in [-0.2, 0) is 24.0 Å². The summed E-state index contributed by atoms with van der Waals surface area (Å²) >= 11 is 0. The highest BCUT2D eigenvalue weighted by atomic mass is 17.2. The van der Waals surface area contributed by atoms with E-state index in [0.717, 1.165) is 40.3 Å². The number of benzene rings is 1. The number of hydrogen-bond acceptors (Lipinski definition) is 7. The van der Waals surface area contributed by atoms with Crippen LogP contribution in [-0.4, -0.2) is 46.1 Å². The van der Waals surface area contributed by atoms with Crippen molar-refractivity contribution in [2.45, 2.75) is 47.0 Å². The monoisotopic (exact) mass is 433 g/mol. The molecule has 0 spiro atoms. The highest BCUT2D eigenvalue weighted by Crippen LogP contribution is 2.42. The van der Waals surface area contributed by atoms with Gasteiger partial charge >= 0.3 is 5.97 Å². The van der Waals surface area contributed by atoms with E-state index in [1.807, 2.05) is 45.9 Å². The molecule has 0 fully saturated rings. The van der Waals surface area contributed by atoms with Crippen molar-refractivity contribution in [3.63, 3.8) is 0 Å². The molecule has 1 aromatic rings. The zero-order valence-electron chi connectivity index (χ0n) is 19.5. The van der Waals surface area contributed by atoms with Crippen molar-refractivity contribution in [2.24, 2.45) is 0 Å². The lowest BCUT2D eigenvalue weighted by molar-refractivity contribution is -0.285.